The van der Waals surface area contributed by atoms with E-state index in [0.29, 0.717) is 0 Å². The van der Waals surface area contributed by atoms with E-state index in [0.717, 1.165) is 24.2 Å². The summed E-state index contributed by atoms with van der Waals surface area (Å²) in [6.45, 7) is 3.78. The molecule has 1 aliphatic carbocycles. The van der Waals surface area contributed by atoms with Crippen molar-refractivity contribution in [1.29, 1.82) is 0 Å². The van der Waals surface area contributed by atoms with Gasteiger partial charge in [-0.25, -0.2) is 13.6 Å². The van der Waals surface area contributed by atoms with Gasteiger partial charge in [0, 0.05) is 17.2 Å². The molecule has 0 spiro atoms. The molecule has 1 heterocycles. The monoisotopic (exact) mass is 369 g/mol. The molecule has 0 unspecified atom stereocenters. The van der Waals surface area contributed by atoms with Gasteiger partial charge in [-0.3, -0.25) is 0 Å². The van der Waals surface area contributed by atoms with Crippen molar-refractivity contribution < 1.29 is 18.3 Å². The van der Waals surface area contributed by atoms with E-state index in [1.165, 1.54) is 11.1 Å². The van der Waals surface area contributed by atoms with E-state index in [1.54, 1.807) is 6.92 Å². The molecule has 0 saturated carbocycles. The summed E-state index contributed by atoms with van der Waals surface area (Å²) in [5.41, 5.74) is 3.17. The zero-order valence-electron chi connectivity index (χ0n) is 15.3. The molecule has 3 atom stereocenters. The third kappa shape index (κ3) is 3.01. The third-order valence-electron chi connectivity index (χ3n) is 5.44. The van der Waals surface area contributed by atoms with E-state index in [4.69, 9.17) is 4.74 Å². The van der Waals surface area contributed by atoms with Gasteiger partial charge in [0.25, 0.3) is 0 Å². The average Bonchev–Trinajstić information content (AvgIpc) is 3.13. The molecule has 27 heavy (non-hydrogen) atoms. The highest BCUT2D eigenvalue weighted by Gasteiger charge is 2.39. The molecule has 0 saturated heterocycles. The van der Waals surface area contributed by atoms with Gasteiger partial charge in [-0.1, -0.05) is 29.8 Å². The number of benzene rings is 2. The maximum Gasteiger partial charge on any atom is 0.341 e. The number of carbonyl (C=O) groups excluding carboxylic acids is 1. The summed E-state index contributed by atoms with van der Waals surface area (Å²) in [4.78, 5) is 11.8. The number of rotatable bonds is 3. The molecule has 3 nitrogen and oxygen atoms in total. The summed E-state index contributed by atoms with van der Waals surface area (Å²) in [6, 6.07) is 7.85. The molecular weight excluding hydrogens is 348 g/mol. The standard InChI is InChI=1S/C22H21F2NO2/c1-3-27-22(26)17-11-18(23)16(10-19(17)24)21-14-6-4-5-13(14)15-9-12(2)7-8-20(15)25-21/h4-5,7-11,13-14,21,25H,3,6H2,1-2H3/t13-,14+,21-/m1/s1. The highest BCUT2D eigenvalue weighted by Crippen LogP contribution is 2.50. The summed E-state index contributed by atoms with van der Waals surface area (Å²) >= 11 is 0. The molecule has 2 aromatic rings. The summed E-state index contributed by atoms with van der Waals surface area (Å²) in [5, 5.41) is 3.39. The van der Waals surface area contributed by atoms with Crippen LogP contribution in [0.3, 0.4) is 0 Å². The maximum absolute atomic E-state index is 14.9. The molecule has 0 bridgehead atoms. The predicted octanol–water partition coefficient (Wildman–Crippen LogP) is 5.28. The van der Waals surface area contributed by atoms with Crippen LogP contribution in [0.4, 0.5) is 14.5 Å². The van der Waals surface area contributed by atoms with Crippen molar-refractivity contribution in [3.63, 3.8) is 0 Å². The molecule has 0 radical (unpaired) electrons. The van der Waals surface area contributed by atoms with E-state index >= 15 is 0 Å². The lowest BCUT2D eigenvalue weighted by atomic mass is 9.76. The molecular formula is C22H21F2NO2. The minimum atomic E-state index is -0.849. The number of anilines is 1. The summed E-state index contributed by atoms with van der Waals surface area (Å²) in [5.74, 6) is -1.94. The average molecular weight is 369 g/mol. The second-order valence-corrected chi connectivity index (χ2v) is 7.14. The molecule has 1 N–H and O–H groups in total. The van der Waals surface area contributed by atoms with Crippen molar-refractivity contribution in [2.24, 2.45) is 5.92 Å². The number of ether oxygens (including phenoxy) is 1. The quantitative estimate of drug-likeness (QED) is 0.591. The van der Waals surface area contributed by atoms with Crippen molar-refractivity contribution in [2.45, 2.75) is 32.2 Å². The third-order valence-corrected chi connectivity index (χ3v) is 5.44. The van der Waals surface area contributed by atoms with E-state index in [2.05, 4.69) is 23.5 Å². The Morgan fingerprint density at radius 1 is 1.19 bits per heavy atom. The van der Waals surface area contributed by atoms with E-state index in [1.807, 2.05) is 19.1 Å². The van der Waals surface area contributed by atoms with Gasteiger partial charge < -0.3 is 10.1 Å². The van der Waals surface area contributed by atoms with E-state index < -0.39 is 17.6 Å². The normalized spacial score (nSPS) is 22.7. The van der Waals surface area contributed by atoms with Gasteiger partial charge in [0.15, 0.2) is 0 Å². The summed E-state index contributed by atoms with van der Waals surface area (Å²) in [6.07, 6.45) is 5.04. The minimum absolute atomic E-state index is 0.0987. The maximum atomic E-state index is 14.9. The largest absolute Gasteiger partial charge is 0.462 e. The second-order valence-electron chi connectivity index (χ2n) is 7.14. The Balaban J connectivity index is 1.74. The lowest BCUT2D eigenvalue weighted by Crippen LogP contribution is -2.30. The first-order valence-corrected chi connectivity index (χ1v) is 9.19. The van der Waals surface area contributed by atoms with Crippen LogP contribution in [0.1, 0.15) is 52.4 Å². The van der Waals surface area contributed by atoms with Crippen molar-refractivity contribution >= 4 is 11.7 Å². The SMILES string of the molecule is CCOC(=O)c1cc(F)c([C@@H]2Nc3ccc(C)cc3[C@@H]3C=CC[C@@H]32)cc1F. The van der Waals surface area contributed by atoms with Crippen LogP contribution in [0.2, 0.25) is 0 Å². The van der Waals surface area contributed by atoms with E-state index in [-0.39, 0.29) is 35.6 Å². The Hall–Kier alpha value is -2.69. The molecule has 5 heteroatoms. The van der Waals surface area contributed by atoms with Gasteiger partial charge in [-0.15, -0.1) is 0 Å². The number of esters is 1. The molecule has 1 aliphatic heterocycles. The number of hydrogen-bond acceptors (Lipinski definition) is 3. The van der Waals surface area contributed by atoms with Crippen molar-refractivity contribution in [2.75, 3.05) is 11.9 Å². The Morgan fingerprint density at radius 2 is 2.00 bits per heavy atom. The van der Waals surface area contributed by atoms with Crippen LogP contribution >= 0.6 is 0 Å². The van der Waals surface area contributed by atoms with E-state index in [9.17, 15) is 13.6 Å². The first-order chi connectivity index (χ1) is 13.0. The second kappa shape index (κ2) is 6.80. The molecule has 2 aromatic carbocycles. The molecule has 2 aliphatic rings. The molecule has 0 amide bonds. The zero-order chi connectivity index (χ0) is 19.1. The van der Waals surface area contributed by atoms with Gasteiger partial charge in [0.05, 0.1) is 18.2 Å². The fourth-order valence-electron chi connectivity index (χ4n) is 4.19. The van der Waals surface area contributed by atoms with Crippen LogP contribution in [-0.2, 0) is 4.74 Å². The number of aryl methyl sites for hydroxylation is 1. The topological polar surface area (TPSA) is 38.3 Å². The lowest BCUT2D eigenvalue weighted by molar-refractivity contribution is 0.0520. The number of nitrogens with one attached hydrogen (secondary N) is 1. The van der Waals surface area contributed by atoms with Gasteiger partial charge >= 0.3 is 5.97 Å². The van der Waals surface area contributed by atoms with Crippen LogP contribution in [0.25, 0.3) is 0 Å². The minimum Gasteiger partial charge on any atom is -0.462 e. The molecule has 4 rings (SSSR count). The van der Waals surface area contributed by atoms with Crippen LogP contribution in [0, 0.1) is 24.5 Å². The smallest absolute Gasteiger partial charge is 0.341 e. The molecule has 0 aromatic heterocycles. The summed E-state index contributed by atoms with van der Waals surface area (Å²) in [7, 11) is 0. The fraction of sp³-hybridized carbons (Fsp3) is 0.318. The number of hydrogen-bond donors (Lipinski definition) is 1. The van der Waals surface area contributed by atoms with Gasteiger partial charge in [0.1, 0.15) is 11.6 Å². The highest BCUT2D eigenvalue weighted by atomic mass is 19.1. The Kier molecular flexibility index (Phi) is 4.46. The van der Waals surface area contributed by atoms with Gasteiger partial charge in [0.2, 0.25) is 0 Å². The number of fused-ring (bicyclic) bond motifs is 3. The summed E-state index contributed by atoms with van der Waals surface area (Å²) < 4.78 is 34.2. The predicted molar refractivity (Wildman–Crippen MR) is 99.8 cm³/mol. The molecule has 140 valence electrons. The fourth-order valence-corrected chi connectivity index (χ4v) is 4.19. The number of halogens is 2. The van der Waals surface area contributed by atoms with Gasteiger partial charge in [-0.2, -0.15) is 0 Å². The number of carbonyl (C=O) groups is 1. The lowest BCUT2D eigenvalue weighted by Gasteiger charge is -2.37. The zero-order valence-corrected chi connectivity index (χ0v) is 15.3. The Labute approximate surface area is 157 Å². The van der Waals surface area contributed by atoms with Crippen molar-refractivity contribution in [3.8, 4) is 0 Å². The van der Waals surface area contributed by atoms with Crippen LogP contribution in [-0.4, -0.2) is 12.6 Å². The van der Waals surface area contributed by atoms with Crippen molar-refractivity contribution in [1.82, 2.24) is 0 Å². The van der Waals surface area contributed by atoms with Gasteiger partial charge in [-0.05, 0) is 49.9 Å². The highest BCUT2D eigenvalue weighted by molar-refractivity contribution is 5.89. The van der Waals surface area contributed by atoms with Crippen molar-refractivity contribution in [3.05, 3.63) is 76.4 Å². The Morgan fingerprint density at radius 3 is 2.78 bits per heavy atom. The Bertz CT molecular complexity index is 938. The first-order valence-electron chi connectivity index (χ1n) is 9.19. The first kappa shape index (κ1) is 17.7. The van der Waals surface area contributed by atoms with Crippen LogP contribution in [0.5, 0.6) is 0 Å². The number of allylic oxidation sites excluding steroid dienone is 2. The molecule has 0 fully saturated rings. The van der Waals surface area contributed by atoms with Crippen LogP contribution < -0.4 is 5.32 Å². The van der Waals surface area contributed by atoms with Crippen LogP contribution in [0.15, 0.2) is 42.5 Å².